The van der Waals surface area contributed by atoms with Crippen LogP contribution in [0.5, 0.6) is 0 Å². The maximum atomic E-state index is 9.83. The Bertz CT molecular complexity index is 2710. The maximum Gasteiger partial charge on any atom is 0.160 e. The lowest BCUT2D eigenvalue weighted by Crippen LogP contribution is -2.28. The van der Waals surface area contributed by atoms with E-state index in [1.165, 1.54) is 69.3 Å². The molecule has 0 aliphatic heterocycles. The summed E-state index contributed by atoms with van der Waals surface area (Å²) in [6, 6.07) is 64.8. The molecule has 0 N–H and O–H groups in total. The van der Waals surface area contributed by atoms with Gasteiger partial charge in [0, 0.05) is 22.1 Å². The number of aromatic nitrogens is 2. The zero-order valence-electron chi connectivity index (χ0n) is 31.1. The van der Waals surface area contributed by atoms with Crippen molar-refractivity contribution in [3.8, 4) is 84.5 Å². The van der Waals surface area contributed by atoms with Crippen LogP contribution in [0.15, 0.2) is 176 Å². The molecule has 0 atom stereocenters. The smallest absolute Gasteiger partial charge is 0.160 e. The van der Waals surface area contributed by atoms with Crippen LogP contribution in [-0.4, -0.2) is 9.97 Å². The molecule has 2 aliphatic rings. The maximum absolute atomic E-state index is 9.83. The van der Waals surface area contributed by atoms with E-state index in [1.54, 1.807) is 0 Å². The fourth-order valence-electron chi connectivity index (χ4n) is 9.19. The zero-order chi connectivity index (χ0) is 37.5. The second kappa shape index (κ2) is 14.1. The number of benzene rings is 7. The van der Waals surface area contributed by atoms with Gasteiger partial charge in [-0.15, -0.1) is 0 Å². The fraction of sp³-hybridized carbons (Fsp3) is 0.113. The molecule has 0 bridgehead atoms. The molecule has 3 nitrogen and oxygen atoms in total. The Hall–Kier alpha value is -6.89. The number of nitriles is 1. The summed E-state index contributed by atoms with van der Waals surface area (Å²) in [6.07, 6.45) is 6.00. The van der Waals surface area contributed by atoms with Crippen molar-refractivity contribution in [2.75, 3.05) is 0 Å². The van der Waals surface area contributed by atoms with Gasteiger partial charge in [0.05, 0.1) is 23.0 Å². The predicted octanol–water partition coefficient (Wildman–Crippen LogP) is 13.6. The van der Waals surface area contributed by atoms with Gasteiger partial charge in [-0.3, -0.25) is 0 Å². The van der Waals surface area contributed by atoms with Crippen molar-refractivity contribution in [2.45, 2.75) is 37.5 Å². The molecule has 0 amide bonds. The van der Waals surface area contributed by atoms with Gasteiger partial charge in [-0.1, -0.05) is 165 Å². The minimum Gasteiger partial charge on any atom is -0.228 e. The summed E-state index contributed by atoms with van der Waals surface area (Å²) >= 11 is 0. The monoisotopic (exact) mass is 717 g/mol. The Balaban J connectivity index is 0.987. The molecular weight excluding hydrogens is 679 g/mol. The molecule has 10 rings (SSSR count). The van der Waals surface area contributed by atoms with Crippen molar-refractivity contribution < 1.29 is 0 Å². The SMILES string of the molecule is N#Cc1ccc2c(c1)C1(CCCCC1)c1cccc(-c3cccc(-c4cccc(-c5ccc(-c6cc(-c7ccccc7)nc(-c7ccccc7)n6)cc5)c4)c3)c1-2. The van der Waals surface area contributed by atoms with E-state index in [1.807, 2.05) is 42.5 Å². The van der Waals surface area contributed by atoms with Crippen LogP contribution in [0.2, 0.25) is 0 Å². The van der Waals surface area contributed by atoms with Crippen LogP contribution in [0.1, 0.15) is 48.8 Å². The van der Waals surface area contributed by atoms with E-state index in [-0.39, 0.29) is 5.41 Å². The fourth-order valence-corrected chi connectivity index (χ4v) is 9.19. The van der Waals surface area contributed by atoms with Crippen molar-refractivity contribution >= 4 is 0 Å². The van der Waals surface area contributed by atoms with Gasteiger partial charge in [0.25, 0.3) is 0 Å². The highest BCUT2D eigenvalue weighted by molar-refractivity contribution is 5.94. The van der Waals surface area contributed by atoms with Gasteiger partial charge in [-0.05, 0) is 98.8 Å². The summed E-state index contributed by atoms with van der Waals surface area (Å²) in [7, 11) is 0. The Morgan fingerprint density at radius 3 is 1.64 bits per heavy atom. The first-order valence-corrected chi connectivity index (χ1v) is 19.7. The largest absolute Gasteiger partial charge is 0.228 e. The Labute approximate surface area is 328 Å². The van der Waals surface area contributed by atoms with Crippen LogP contribution in [0.4, 0.5) is 0 Å². The van der Waals surface area contributed by atoms with Crippen LogP contribution in [-0.2, 0) is 5.41 Å². The van der Waals surface area contributed by atoms with Crippen LogP contribution in [0.3, 0.4) is 0 Å². The number of hydrogen-bond acceptors (Lipinski definition) is 3. The molecule has 0 saturated heterocycles. The summed E-state index contributed by atoms with van der Waals surface area (Å²) in [5.74, 6) is 0.715. The first kappa shape index (κ1) is 33.7. The highest BCUT2D eigenvalue weighted by Crippen LogP contribution is 2.58. The molecule has 0 unspecified atom stereocenters. The standard InChI is InChI=1S/C53H39N3/c54-35-36-23-28-46-48(31-36)53(29-8-3-9-30-53)47-22-12-21-45(51(46)47)44-20-11-19-43(33-44)42-18-10-17-41(32-42)37-24-26-39(27-25-37)50-34-49(38-13-4-1-5-14-38)55-52(56-50)40-15-6-2-7-16-40/h1-2,4-7,10-28,31-34H,3,8-9,29-30H2. The molecule has 8 aromatic rings. The summed E-state index contributed by atoms with van der Waals surface area (Å²) in [6.45, 7) is 0. The Kier molecular flexibility index (Phi) is 8.46. The van der Waals surface area contributed by atoms with E-state index < -0.39 is 0 Å². The molecule has 56 heavy (non-hydrogen) atoms. The third-order valence-corrected chi connectivity index (χ3v) is 11.9. The van der Waals surface area contributed by atoms with E-state index in [0.29, 0.717) is 5.82 Å². The molecule has 0 radical (unpaired) electrons. The van der Waals surface area contributed by atoms with Gasteiger partial charge in [-0.25, -0.2) is 9.97 Å². The van der Waals surface area contributed by atoms with Crippen LogP contribution >= 0.6 is 0 Å². The van der Waals surface area contributed by atoms with Crippen molar-refractivity contribution in [2.24, 2.45) is 0 Å². The molecule has 2 aliphatic carbocycles. The Morgan fingerprint density at radius 1 is 0.411 bits per heavy atom. The topological polar surface area (TPSA) is 49.6 Å². The molecular formula is C53H39N3. The third kappa shape index (κ3) is 5.92. The van der Waals surface area contributed by atoms with Crippen LogP contribution in [0, 0.1) is 11.3 Å². The van der Waals surface area contributed by atoms with E-state index in [4.69, 9.17) is 9.97 Å². The van der Waals surface area contributed by atoms with Gasteiger partial charge < -0.3 is 0 Å². The van der Waals surface area contributed by atoms with Crippen LogP contribution in [0.25, 0.3) is 78.4 Å². The van der Waals surface area contributed by atoms with Gasteiger partial charge in [-0.2, -0.15) is 5.26 Å². The lowest BCUT2D eigenvalue weighted by Gasteiger charge is -2.36. The minimum absolute atomic E-state index is 0.00485. The minimum atomic E-state index is -0.00485. The number of fused-ring (bicyclic) bond motifs is 5. The summed E-state index contributed by atoms with van der Waals surface area (Å²) in [5, 5.41) is 9.83. The normalized spacial score (nSPS) is 13.8. The average molecular weight is 718 g/mol. The van der Waals surface area contributed by atoms with E-state index >= 15 is 0 Å². The zero-order valence-corrected chi connectivity index (χ0v) is 31.1. The van der Waals surface area contributed by atoms with E-state index in [0.717, 1.165) is 52.0 Å². The van der Waals surface area contributed by atoms with Crippen LogP contribution < -0.4 is 0 Å². The second-order valence-corrected chi connectivity index (χ2v) is 15.2. The number of rotatable bonds is 6. The number of nitrogens with zero attached hydrogens (tertiary/aromatic N) is 3. The molecule has 1 heterocycles. The highest BCUT2D eigenvalue weighted by atomic mass is 14.9. The van der Waals surface area contributed by atoms with Gasteiger partial charge in [0.15, 0.2) is 5.82 Å². The van der Waals surface area contributed by atoms with Crippen molar-refractivity contribution in [1.29, 1.82) is 5.26 Å². The first-order valence-electron chi connectivity index (χ1n) is 19.7. The van der Waals surface area contributed by atoms with E-state index in [9.17, 15) is 5.26 Å². The summed E-state index contributed by atoms with van der Waals surface area (Å²) < 4.78 is 0. The molecule has 3 heteroatoms. The average Bonchev–Trinajstić information content (AvgIpc) is 3.55. The highest BCUT2D eigenvalue weighted by Gasteiger charge is 2.44. The molecule has 1 fully saturated rings. The molecule has 7 aromatic carbocycles. The van der Waals surface area contributed by atoms with Crippen molar-refractivity contribution in [1.82, 2.24) is 9.97 Å². The van der Waals surface area contributed by atoms with Crippen molar-refractivity contribution in [3.63, 3.8) is 0 Å². The summed E-state index contributed by atoms with van der Waals surface area (Å²) in [5.41, 5.74) is 18.2. The van der Waals surface area contributed by atoms with Gasteiger partial charge in [0.1, 0.15) is 0 Å². The molecule has 1 spiro atoms. The van der Waals surface area contributed by atoms with Crippen molar-refractivity contribution in [3.05, 3.63) is 193 Å². The molecule has 1 saturated carbocycles. The Morgan fingerprint density at radius 2 is 0.964 bits per heavy atom. The first-order chi connectivity index (χ1) is 27.7. The number of hydrogen-bond donors (Lipinski definition) is 0. The third-order valence-electron chi connectivity index (χ3n) is 11.9. The predicted molar refractivity (Wildman–Crippen MR) is 229 cm³/mol. The van der Waals surface area contributed by atoms with E-state index in [2.05, 4.69) is 140 Å². The second-order valence-electron chi connectivity index (χ2n) is 15.2. The van der Waals surface area contributed by atoms with Gasteiger partial charge in [0.2, 0.25) is 0 Å². The quantitative estimate of drug-likeness (QED) is 0.172. The lowest BCUT2D eigenvalue weighted by atomic mass is 9.67. The summed E-state index contributed by atoms with van der Waals surface area (Å²) in [4.78, 5) is 9.99. The lowest BCUT2D eigenvalue weighted by molar-refractivity contribution is 0.353. The molecule has 1 aromatic heterocycles. The van der Waals surface area contributed by atoms with Gasteiger partial charge >= 0.3 is 0 Å². The molecule has 266 valence electrons.